The molecule has 0 saturated carbocycles. The first-order valence-corrected chi connectivity index (χ1v) is 4.15. The molecule has 1 aromatic rings. The molecule has 1 heterocycles. The summed E-state index contributed by atoms with van der Waals surface area (Å²) in [6.45, 7) is 3.67. The number of nitrogens with zero attached hydrogens (tertiary/aromatic N) is 2. The van der Waals surface area contributed by atoms with Crippen molar-refractivity contribution in [2.75, 3.05) is 5.43 Å². The first-order chi connectivity index (χ1) is 6.11. The quantitative estimate of drug-likeness (QED) is 0.670. The smallest absolute Gasteiger partial charge is 0.240 e. The van der Waals surface area contributed by atoms with Gasteiger partial charge in [-0.15, -0.1) is 0 Å². The Bertz CT molecular complexity index is 292. The minimum absolute atomic E-state index is 0.0271. The molecule has 1 amide bonds. The molecule has 13 heavy (non-hydrogen) atoms. The van der Waals surface area contributed by atoms with Crippen LogP contribution in [0.1, 0.15) is 13.8 Å². The van der Waals surface area contributed by atoms with Gasteiger partial charge in [0, 0.05) is 19.0 Å². The van der Waals surface area contributed by atoms with Crippen molar-refractivity contribution in [2.45, 2.75) is 13.8 Å². The molecule has 0 fully saturated rings. The molecule has 0 bridgehead atoms. The summed E-state index contributed by atoms with van der Waals surface area (Å²) in [4.78, 5) is 11.1. The number of aromatic nitrogens is 2. The van der Waals surface area contributed by atoms with Gasteiger partial charge in [0.05, 0.1) is 6.20 Å². The van der Waals surface area contributed by atoms with E-state index in [-0.39, 0.29) is 11.8 Å². The highest BCUT2D eigenvalue weighted by Gasteiger charge is 2.05. The number of nitrogens with one attached hydrogen (secondary N) is 2. The van der Waals surface area contributed by atoms with Crippen molar-refractivity contribution >= 4 is 11.7 Å². The average molecular weight is 182 g/mol. The SMILES string of the molecule is CC(C)C(=O)NNc1ccnn1C. The Kier molecular flexibility index (Phi) is 2.89. The summed E-state index contributed by atoms with van der Waals surface area (Å²) in [5.74, 6) is 0.691. The third-order valence-electron chi connectivity index (χ3n) is 1.66. The van der Waals surface area contributed by atoms with Crippen molar-refractivity contribution in [3.63, 3.8) is 0 Å². The summed E-state index contributed by atoms with van der Waals surface area (Å²) in [5, 5.41) is 3.94. The molecule has 0 spiro atoms. The maximum absolute atomic E-state index is 11.1. The third-order valence-corrected chi connectivity index (χ3v) is 1.66. The van der Waals surface area contributed by atoms with Crippen LogP contribution in [0.3, 0.4) is 0 Å². The highest BCUT2D eigenvalue weighted by molar-refractivity contribution is 5.78. The van der Waals surface area contributed by atoms with E-state index in [9.17, 15) is 4.79 Å². The Hall–Kier alpha value is -1.52. The number of amides is 1. The van der Waals surface area contributed by atoms with E-state index in [1.807, 2.05) is 13.8 Å². The molecule has 0 aliphatic rings. The Morgan fingerprint density at radius 1 is 1.62 bits per heavy atom. The minimum atomic E-state index is -0.0406. The van der Waals surface area contributed by atoms with E-state index in [0.717, 1.165) is 5.82 Å². The van der Waals surface area contributed by atoms with Crippen LogP contribution >= 0.6 is 0 Å². The van der Waals surface area contributed by atoms with Crippen LogP contribution in [0.4, 0.5) is 5.82 Å². The fourth-order valence-corrected chi connectivity index (χ4v) is 0.767. The van der Waals surface area contributed by atoms with Crippen LogP contribution in [-0.4, -0.2) is 15.7 Å². The van der Waals surface area contributed by atoms with Gasteiger partial charge in [0.15, 0.2) is 0 Å². The number of carbonyl (C=O) groups excluding carboxylic acids is 1. The lowest BCUT2D eigenvalue weighted by atomic mass is 10.2. The molecule has 5 nitrogen and oxygen atoms in total. The monoisotopic (exact) mass is 182 g/mol. The van der Waals surface area contributed by atoms with E-state index in [2.05, 4.69) is 16.0 Å². The number of hydrazine groups is 1. The summed E-state index contributed by atoms with van der Waals surface area (Å²) in [6.07, 6.45) is 1.66. The molecule has 72 valence electrons. The maximum atomic E-state index is 11.1. The summed E-state index contributed by atoms with van der Waals surface area (Å²) >= 11 is 0. The van der Waals surface area contributed by atoms with E-state index in [1.165, 1.54) is 0 Å². The Balaban J connectivity index is 2.44. The predicted octanol–water partition coefficient (Wildman–Crippen LogP) is 0.519. The van der Waals surface area contributed by atoms with Crippen molar-refractivity contribution in [2.24, 2.45) is 13.0 Å². The highest BCUT2D eigenvalue weighted by atomic mass is 16.2. The van der Waals surface area contributed by atoms with E-state index in [4.69, 9.17) is 0 Å². The lowest BCUT2D eigenvalue weighted by Gasteiger charge is -2.09. The Labute approximate surface area is 77.1 Å². The van der Waals surface area contributed by atoms with E-state index in [0.29, 0.717) is 0 Å². The van der Waals surface area contributed by atoms with E-state index >= 15 is 0 Å². The van der Waals surface area contributed by atoms with Gasteiger partial charge in [0.25, 0.3) is 0 Å². The lowest BCUT2D eigenvalue weighted by Crippen LogP contribution is -2.33. The Morgan fingerprint density at radius 2 is 2.31 bits per heavy atom. The first kappa shape index (κ1) is 9.57. The van der Waals surface area contributed by atoms with Gasteiger partial charge >= 0.3 is 0 Å². The first-order valence-electron chi connectivity index (χ1n) is 4.15. The fourth-order valence-electron chi connectivity index (χ4n) is 0.767. The fraction of sp³-hybridized carbons (Fsp3) is 0.500. The van der Waals surface area contributed by atoms with Gasteiger partial charge in [-0.25, -0.2) is 0 Å². The second kappa shape index (κ2) is 3.93. The molecule has 0 radical (unpaired) electrons. The van der Waals surface area contributed by atoms with Gasteiger partial charge in [0.1, 0.15) is 5.82 Å². The molecule has 0 saturated heterocycles. The second-order valence-electron chi connectivity index (χ2n) is 3.11. The lowest BCUT2D eigenvalue weighted by molar-refractivity contribution is -0.123. The maximum Gasteiger partial charge on any atom is 0.240 e. The van der Waals surface area contributed by atoms with Crippen molar-refractivity contribution in [1.82, 2.24) is 15.2 Å². The molecule has 0 aromatic carbocycles. The van der Waals surface area contributed by atoms with Gasteiger partial charge in [-0.05, 0) is 0 Å². The van der Waals surface area contributed by atoms with Crippen molar-refractivity contribution in [3.05, 3.63) is 12.3 Å². The number of rotatable bonds is 3. The molecule has 5 heteroatoms. The zero-order valence-corrected chi connectivity index (χ0v) is 8.03. The van der Waals surface area contributed by atoms with Gasteiger partial charge < -0.3 is 0 Å². The number of aryl methyl sites for hydroxylation is 1. The molecule has 1 rings (SSSR count). The van der Waals surface area contributed by atoms with Gasteiger partial charge in [-0.1, -0.05) is 13.8 Å². The molecule has 0 aliphatic heterocycles. The molecular weight excluding hydrogens is 168 g/mol. The van der Waals surface area contributed by atoms with Gasteiger partial charge in [0.2, 0.25) is 5.91 Å². The summed E-state index contributed by atoms with van der Waals surface area (Å²) in [5.41, 5.74) is 5.35. The predicted molar refractivity (Wildman–Crippen MR) is 49.8 cm³/mol. The van der Waals surface area contributed by atoms with Crippen LogP contribution in [0, 0.1) is 5.92 Å². The van der Waals surface area contributed by atoms with Crippen LogP contribution in [0.25, 0.3) is 0 Å². The molecule has 2 N–H and O–H groups in total. The largest absolute Gasteiger partial charge is 0.282 e. The van der Waals surface area contributed by atoms with Crippen molar-refractivity contribution < 1.29 is 4.79 Å². The highest BCUT2D eigenvalue weighted by Crippen LogP contribution is 2.01. The van der Waals surface area contributed by atoms with Crippen molar-refractivity contribution in [3.8, 4) is 0 Å². The molecular formula is C8H14N4O. The Morgan fingerprint density at radius 3 is 2.77 bits per heavy atom. The van der Waals surface area contributed by atoms with Gasteiger partial charge in [-0.3, -0.25) is 20.3 Å². The zero-order chi connectivity index (χ0) is 9.84. The van der Waals surface area contributed by atoms with Crippen molar-refractivity contribution in [1.29, 1.82) is 0 Å². The van der Waals surface area contributed by atoms with Crippen LogP contribution in [0.15, 0.2) is 12.3 Å². The molecule has 0 aliphatic carbocycles. The molecule has 1 aromatic heterocycles. The second-order valence-corrected chi connectivity index (χ2v) is 3.11. The van der Waals surface area contributed by atoms with Crippen LogP contribution in [-0.2, 0) is 11.8 Å². The average Bonchev–Trinajstić information content (AvgIpc) is 2.47. The summed E-state index contributed by atoms with van der Waals surface area (Å²) < 4.78 is 1.64. The van der Waals surface area contributed by atoms with Gasteiger partial charge in [-0.2, -0.15) is 5.10 Å². The number of carbonyl (C=O) groups is 1. The zero-order valence-electron chi connectivity index (χ0n) is 8.03. The van der Waals surface area contributed by atoms with E-state index < -0.39 is 0 Å². The van der Waals surface area contributed by atoms with Crippen LogP contribution in [0.2, 0.25) is 0 Å². The molecule has 0 atom stereocenters. The topological polar surface area (TPSA) is 59.0 Å². The normalized spacial score (nSPS) is 10.2. The third kappa shape index (κ3) is 2.47. The minimum Gasteiger partial charge on any atom is -0.282 e. The molecule has 0 unspecified atom stereocenters. The number of anilines is 1. The van der Waals surface area contributed by atoms with Crippen LogP contribution in [0.5, 0.6) is 0 Å². The standard InChI is InChI=1S/C8H14N4O/c1-6(2)8(13)11-10-7-4-5-9-12(7)3/h4-6,10H,1-3H3,(H,11,13). The summed E-state index contributed by atoms with van der Waals surface area (Å²) in [6, 6.07) is 1.78. The van der Waals surface area contributed by atoms with E-state index in [1.54, 1.807) is 24.0 Å². The van der Waals surface area contributed by atoms with Crippen LogP contribution < -0.4 is 10.9 Å². The summed E-state index contributed by atoms with van der Waals surface area (Å²) in [7, 11) is 1.80. The number of hydrogen-bond donors (Lipinski definition) is 2. The number of hydrogen-bond acceptors (Lipinski definition) is 3.